The summed E-state index contributed by atoms with van der Waals surface area (Å²) in [5, 5.41) is 11.4. The highest BCUT2D eigenvalue weighted by molar-refractivity contribution is 8.00. The summed E-state index contributed by atoms with van der Waals surface area (Å²) in [7, 11) is 0. The van der Waals surface area contributed by atoms with Crippen molar-refractivity contribution in [2.45, 2.75) is 11.5 Å². The first-order chi connectivity index (χ1) is 10.1. The number of carbonyl (C=O) groups is 1. The van der Waals surface area contributed by atoms with Crippen molar-refractivity contribution in [2.75, 3.05) is 11.1 Å². The van der Waals surface area contributed by atoms with Gasteiger partial charge < -0.3 is 10.4 Å². The smallest absolute Gasteiger partial charge is 0.234 e. The molecule has 1 amide bonds. The number of carbonyl (C=O) groups excluding carboxylic acids is 1. The summed E-state index contributed by atoms with van der Waals surface area (Å²) in [6, 6.07) is 10.4. The van der Waals surface area contributed by atoms with Crippen molar-refractivity contribution in [2.24, 2.45) is 0 Å². The Hall–Kier alpha value is -1.92. The van der Waals surface area contributed by atoms with Crippen LogP contribution in [0.15, 0.2) is 47.4 Å². The number of thioether (sulfide) groups is 1. The largest absolute Gasteiger partial charge is 0.392 e. The minimum atomic E-state index is -1.000. The predicted molar refractivity (Wildman–Crippen MR) is 78.1 cm³/mol. The van der Waals surface area contributed by atoms with Crippen molar-refractivity contribution in [1.29, 1.82) is 0 Å². The van der Waals surface area contributed by atoms with Gasteiger partial charge in [0.2, 0.25) is 5.91 Å². The molecule has 0 radical (unpaired) electrons. The lowest BCUT2D eigenvalue weighted by atomic mass is 10.2. The Kier molecular flexibility index (Phi) is 5.30. The molecule has 0 aliphatic carbocycles. The molecule has 0 aliphatic rings. The Morgan fingerprint density at radius 2 is 1.81 bits per heavy atom. The molecule has 21 heavy (non-hydrogen) atoms. The summed E-state index contributed by atoms with van der Waals surface area (Å²) >= 11 is 1.31. The maximum Gasteiger partial charge on any atom is 0.234 e. The van der Waals surface area contributed by atoms with Crippen molar-refractivity contribution in [3.8, 4) is 0 Å². The van der Waals surface area contributed by atoms with Gasteiger partial charge in [-0.25, -0.2) is 8.78 Å². The minimum Gasteiger partial charge on any atom is -0.392 e. The van der Waals surface area contributed by atoms with E-state index in [-0.39, 0.29) is 24.0 Å². The van der Waals surface area contributed by atoms with Crippen LogP contribution in [-0.2, 0) is 11.4 Å². The van der Waals surface area contributed by atoms with Crippen LogP contribution in [-0.4, -0.2) is 16.8 Å². The lowest BCUT2D eigenvalue weighted by Crippen LogP contribution is -2.14. The van der Waals surface area contributed by atoms with Crippen molar-refractivity contribution in [3.63, 3.8) is 0 Å². The summed E-state index contributed by atoms with van der Waals surface area (Å²) in [6.45, 7) is -0.0262. The van der Waals surface area contributed by atoms with Crippen molar-refractivity contribution >= 4 is 23.4 Å². The molecule has 0 saturated carbocycles. The van der Waals surface area contributed by atoms with E-state index in [0.717, 1.165) is 22.6 Å². The maximum absolute atomic E-state index is 13.0. The molecule has 0 unspecified atom stereocenters. The van der Waals surface area contributed by atoms with Gasteiger partial charge in [0, 0.05) is 16.6 Å². The molecular formula is C15H13F2NO2S. The monoisotopic (exact) mass is 309 g/mol. The van der Waals surface area contributed by atoms with Gasteiger partial charge in [-0.05, 0) is 29.8 Å². The van der Waals surface area contributed by atoms with E-state index >= 15 is 0 Å². The van der Waals surface area contributed by atoms with E-state index in [9.17, 15) is 13.6 Å². The van der Waals surface area contributed by atoms with Crippen molar-refractivity contribution < 1.29 is 18.7 Å². The van der Waals surface area contributed by atoms with Gasteiger partial charge in [0.15, 0.2) is 11.6 Å². The van der Waals surface area contributed by atoms with Gasteiger partial charge in [-0.15, -0.1) is 11.8 Å². The number of rotatable bonds is 5. The molecule has 0 heterocycles. The van der Waals surface area contributed by atoms with E-state index in [0.29, 0.717) is 0 Å². The number of aliphatic hydroxyl groups excluding tert-OH is 1. The molecule has 2 N–H and O–H groups in total. The zero-order valence-corrected chi connectivity index (χ0v) is 11.8. The van der Waals surface area contributed by atoms with Crippen LogP contribution < -0.4 is 5.32 Å². The van der Waals surface area contributed by atoms with E-state index in [4.69, 9.17) is 5.11 Å². The van der Waals surface area contributed by atoms with Crippen LogP contribution in [0.3, 0.4) is 0 Å². The average molecular weight is 309 g/mol. The third-order valence-electron chi connectivity index (χ3n) is 2.68. The maximum atomic E-state index is 13.0. The van der Waals surface area contributed by atoms with Crippen LogP contribution in [0.1, 0.15) is 5.56 Å². The van der Waals surface area contributed by atoms with Crippen molar-refractivity contribution in [1.82, 2.24) is 0 Å². The Bertz CT molecular complexity index is 632. The SMILES string of the molecule is O=C(CSc1ccc(CO)cc1)Nc1ccc(F)c(F)c1. The number of aliphatic hydroxyl groups is 1. The summed E-state index contributed by atoms with van der Waals surface area (Å²) in [5.74, 6) is -2.11. The van der Waals surface area contributed by atoms with Gasteiger partial charge in [-0.3, -0.25) is 4.79 Å². The topological polar surface area (TPSA) is 49.3 Å². The van der Waals surface area contributed by atoms with Gasteiger partial charge in [-0.2, -0.15) is 0 Å². The number of amides is 1. The summed E-state index contributed by atoms with van der Waals surface area (Å²) in [6.07, 6.45) is 0. The third-order valence-corrected chi connectivity index (χ3v) is 3.69. The van der Waals surface area contributed by atoms with Gasteiger partial charge >= 0.3 is 0 Å². The summed E-state index contributed by atoms with van der Waals surface area (Å²) in [4.78, 5) is 12.6. The number of hydrogen-bond acceptors (Lipinski definition) is 3. The summed E-state index contributed by atoms with van der Waals surface area (Å²) in [5.41, 5.74) is 1.01. The first-order valence-electron chi connectivity index (χ1n) is 6.16. The van der Waals surface area contributed by atoms with Crippen LogP contribution >= 0.6 is 11.8 Å². The third kappa shape index (κ3) is 4.54. The van der Waals surface area contributed by atoms with Gasteiger partial charge in [0.1, 0.15) is 0 Å². The van der Waals surface area contributed by atoms with E-state index in [1.54, 1.807) is 24.3 Å². The molecule has 0 fully saturated rings. The van der Waals surface area contributed by atoms with E-state index < -0.39 is 11.6 Å². The van der Waals surface area contributed by atoms with Gasteiger partial charge in [0.25, 0.3) is 0 Å². The average Bonchev–Trinajstić information content (AvgIpc) is 2.49. The highest BCUT2D eigenvalue weighted by Crippen LogP contribution is 2.19. The van der Waals surface area contributed by atoms with E-state index in [1.807, 2.05) is 0 Å². The number of halogens is 2. The zero-order chi connectivity index (χ0) is 15.2. The molecular weight excluding hydrogens is 296 g/mol. The fraction of sp³-hybridized carbons (Fsp3) is 0.133. The molecule has 0 spiro atoms. The fourth-order valence-electron chi connectivity index (χ4n) is 1.61. The molecule has 3 nitrogen and oxygen atoms in total. The number of anilines is 1. The quantitative estimate of drug-likeness (QED) is 0.834. The molecule has 2 aromatic rings. The first-order valence-corrected chi connectivity index (χ1v) is 7.14. The summed E-state index contributed by atoms with van der Waals surface area (Å²) < 4.78 is 25.8. The lowest BCUT2D eigenvalue weighted by molar-refractivity contribution is -0.113. The Morgan fingerprint density at radius 1 is 1.10 bits per heavy atom. The first kappa shape index (κ1) is 15.5. The number of hydrogen-bond donors (Lipinski definition) is 2. The number of benzene rings is 2. The fourth-order valence-corrected chi connectivity index (χ4v) is 2.31. The molecule has 0 atom stereocenters. The Labute approximate surface area is 125 Å². The second-order valence-electron chi connectivity index (χ2n) is 4.27. The highest BCUT2D eigenvalue weighted by atomic mass is 32.2. The normalized spacial score (nSPS) is 10.4. The van der Waals surface area contributed by atoms with Crippen LogP contribution in [0, 0.1) is 11.6 Å². The molecule has 2 rings (SSSR count). The standard InChI is InChI=1S/C15H13F2NO2S/c16-13-6-3-11(7-14(13)17)18-15(20)9-21-12-4-1-10(8-19)2-5-12/h1-7,19H,8-9H2,(H,18,20). The van der Waals surface area contributed by atoms with Crippen LogP contribution in [0.2, 0.25) is 0 Å². The van der Waals surface area contributed by atoms with Crippen LogP contribution in [0.25, 0.3) is 0 Å². The minimum absolute atomic E-state index is 0.0262. The Balaban J connectivity index is 1.87. The van der Waals surface area contributed by atoms with Crippen LogP contribution in [0.4, 0.5) is 14.5 Å². The van der Waals surface area contributed by atoms with Crippen molar-refractivity contribution in [3.05, 3.63) is 59.7 Å². The molecule has 0 bridgehead atoms. The zero-order valence-electron chi connectivity index (χ0n) is 11.0. The highest BCUT2D eigenvalue weighted by Gasteiger charge is 2.07. The van der Waals surface area contributed by atoms with E-state index in [1.165, 1.54) is 17.8 Å². The lowest BCUT2D eigenvalue weighted by Gasteiger charge is -2.06. The van der Waals surface area contributed by atoms with Gasteiger partial charge in [-0.1, -0.05) is 12.1 Å². The molecule has 110 valence electrons. The van der Waals surface area contributed by atoms with Gasteiger partial charge in [0.05, 0.1) is 12.4 Å². The molecule has 2 aromatic carbocycles. The van der Waals surface area contributed by atoms with E-state index in [2.05, 4.69) is 5.32 Å². The predicted octanol–water partition coefficient (Wildman–Crippen LogP) is 3.19. The molecule has 0 saturated heterocycles. The molecule has 6 heteroatoms. The second kappa shape index (κ2) is 7.19. The number of nitrogens with one attached hydrogen (secondary N) is 1. The molecule has 0 aliphatic heterocycles. The Morgan fingerprint density at radius 3 is 2.43 bits per heavy atom. The second-order valence-corrected chi connectivity index (χ2v) is 5.32. The van der Waals surface area contributed by atoms with Crippen LogP contribution in [0.5, 0.6) is 0 Å². The molecule has 0 aromatic heterocycles.